The molecule has 0 fully saturated rings. The molecule has 1 unspecified atom stereocenters. The Balaban J connectivity index is 1.40. The molecule has 2 aromatic carbocycles. The minimum Gasteiger partial charge on any atom is -0.356 e. The molecule has 0 aliphatic heterocycles. The molecule has 3 aromatic rings. The van der Waals surface area contributed by atoms with Gasteiger partial charge in [0.15, 0.2) is 0 Å². The summed E-state index contributed by atoms with van der Waals surface area (Å²) < 4.78 is 18.2. The Hall–Kier alpha value is -3.02. The summed E-state index contributed by atoms with van der Waals surface area (Å²) in [4.78, 5) is 16.6. The first kappa shape index (κ1) is 18.8. The third-order valence-electron chi connectivity index (χ3n) is 4.27. The van der Waals surface area contributed by atoms with E-state index in [9.17, 15) is 9.18 Å². The van der Waals surface area contributed by atoms with Crippen LogP contribution in [-0.4, -0.2) is 22.6 Å². The molecule has 0 bridgehead atoms. The zero-order valence-electron chi connectivity index (χ0n) is 15.2. The minimum atomic E-state index is -0.271. The topological polar surface area (TPSA) is 68.0 Å². The number of hydrogen-bond donors (Lipinski definition) is 1. The van der Waals surface area contributed by atoms with Gasteiger partial charge < -0.3 is 9.84 Å². The summed E-state index contributed by atoms with van der Waals surface area (Å²) in [6.07, 6.45) is 1.90. The van der Waals surface area contributed by atoms with Gasteiger partial charge in [0, 0.05) is 24.4 Å². The van der Waals surface area contributed by atoms with E-state index in [4.69, 9.17) is 4.52 Å². The average molecular weight is 367 g/mol. The first-order valence-corrected chi connectivity index (χ1v) is 9.02. The van der Waals surface area contributed by atoms with Gasteiger partial charge in [-0.15, -0.1) is 0 Å². The highest BCUT2D eigenvalue weighted by molar-refractivity contribution is 5.78. The van der Waals surface area contributed by atoms with E-state index in [1.807, 2.05) is 37.3 Å². The molecule has 0 spiro atoms. The lowest BCUT2D eigenvalue weighted by atomic mass is 10.0. The van der Waals surface area contributed by atoms with Crippen molar-refractivity contribution in [1.82, 2.24) is 15.5 Å². The van der Waals surface area contributed by atoms with Crippen LogP contribution >= 0.6 is 0 Å². The minimum absolute atomic E-state index is 0.0187. The molecule has 6 heteroatoms. The Morgan fingerprint density at radius 3 is 2.63 bits per heavy atom. The molecule has 0 saturated carbocycles. The summed E-state index contributed by atoms with van der Waals surface area (Å²) in [5.41, 5.74) is 1.86. The second kappa shape index (κ2) is 9.07. The molecular formula is C21H22FN3O2. The van der Waals surface area contributed by atoms with E-state index >= 15 is 0 Å². The number of halogens is 1. The van der Waals surface area contributed by atoms with Crippen LogP contribution in [0, 0.1) is 11.7 Å². The lowest BCUT2D eigenvalue weighted by molar-refractivity contribution is -0.124. The first-order chi connectivity index (χ1) is 13.1. The quantitative estimate of drug-likeness (QED) is 0.615. The molecule has 0 saturated heterocycles. The van der Waals surface area contributed by atoms with Crippen LogP contribution in [0.4, 0.5) is 4.39 Å². The van der Waals surface area contributed by atoms with Gasteiger partial charge in [-0.05, 0) is 30.5 Å². The SMILES string of the molecule is CC(Cc1ccc(F)cc1)C(=O)NCCCc1nc(-c2ccccc2)no1. The van der Waals surface area contributed by atoms with Crippen molar-refractivity contribution in [1.29, 1.82) is 0 Å². The predicted octanol–water partition coefficient (Wildman–Crippen LogP) is 3.80. The van der Waals surface area contributed by atoms with Gasteiger partial charge in [0.05, 0.1) is 0 Å². The third kappa shape index (κ3) is 5.48. The Labute approximate surface area is 157 Å². The van der Waals surface area contributed by atoms with E-state index in [2.05, 4.69) is 15.5 Å². The van der Waals surface area contributed by atoms with Gasteiger partial charge in [0.25, 0.3) is 0 Å². The zero-order chi connectivity index (χ0) is 19.1. The molecule has 5 nitrogen and oxygen atoms in total. The molecule has 1 atom stereocenters. The van der Waals surface area contributed by atoms with Crippen LogP contribution in [0.5, 0.6) is 0 Å². The maximum absolute atomic E-state index is 12.9. The van der Waals surface area contributed by atoms with Crippen LogP contribution in [0.15, 0.2) is 59.1 Å². The summed E-state index contributed by atoms with van der Waals surface area (Å²) in [5.74, 6) is 0.663. The fourth-order valence-electron chi connectivity index (χ4n) is 2.75. The molecule has 27 heavy (non-hydrogen) atoms. The van der Waals surface area contributed by atoms with Gasteiger partial charge in [-0.25, -0.2) is 4.39 Å². The van der Waals surface area contributed by atoms with Gasteiger partial charge in [-0.1, -0.05) is 54.5 Å². The molecular weight excluding hydrogens is 345 g/mol. The average Bonchev–Trinajstić information content (AvgIpc) is 3.16. The van der Waals surface area contributed by atoms with E-state index < -0.39 is 0 Å². The van der Waals surface area contributed by atoms with Crippen molar-refractivity contribution in [3.8, 4) is 11.4 Å². The van der Waals surface area contributed by atoms with E-state index in [1.165, 1.54) is 12.1 Å². The van der Waals surface area contributed by atoms with E-state index in [1.54, 1.807) is 12.1 Å². The van der Waals surface area contributed by atoms with Crippen molar-refractivity contribution in [2.75, 3.05) is 6.54 Å². The standard InChI is InChI=1S/C21H22FN3O2/c1-15(14-16-9-11-18(22)12-10-16)21(26)23-13-5-8-19-24-20(25-27-19)17-6-3-2-4-7-17/h2-4,6-7,9-12,15H,5,8,13-14H2,1H3,(H,23,26). The number of rotatable bonds is 8. The van der Waals surface area contributed by atoms with Crippen LogP contribution in [0.1, 0.15) is 24.8 Å². The molecule has 0 aliphatic carbocycles. The van der Waals surface area contributed by atoms with Gasteiger partial charge in [-0.3, -0.25) is 4.79 Å². The number of hydrogen-bond acceptors (Lipinski definition) is 4. The monoisotopic (exact) mass is 367 g/mol. The van der Waals surface area contributed by atoms with Crippen molar-refractivity contribution in [2.24, 2.45) is 5.92 Å². The predicted molar refractivity (Wildman–Crippen MR) is 100 cm³/mol. The Bertz CT molecular complexity index is 863. The summed E-state index contributed by atoms with van der Waals surface area (Å²) in [5, 5.41) is 6.90. The second-order valence-corrected chi connectivity index (χ2v) is 6.50. The van der Waals surface area contributed by atoms with Crippen molar-refractivity contribution < 1.29 is 13.7 Å². The van der Waals surface area contributed by atoms with E-state index in [-0.39, 0.29) is 17.6 Å². The number of carbonyl (C=O) groups is 1. The van der Waals surface area contributed by atoms with Crippen LogP contribution in [0.25, 0.3) is 11.4 Å². The van der Waals surface area contributed by atoms with Crippen molar-refractivity contribution in [2.45, 2.75) is 26.2 Å². The second-order valence-electron chi connectivity index (χ2n) is 6.50. The maximum Gasteiger partial charge on any atom is 0.227 e. The molecule has 0 radical (unpaired) electrons. The van der Waals surface area contributed by atoms with E-state index in [0.29, 0.717) is 37.5 Å². The number of aryl methyl sites for hydroxylation is 1. The number of benzene rings is 2. The van der Waals surface area contributed by atoms with Crippen LogP contribution in [0.3, 0.4) is 0 Å². The fraction of sp³-hybridized carbons (Fsp3) is 0.286. The van der Waals surface area contributed by atoms with Gasteiger partial charge in [0.2, 0.25) is 17.6 Å². The number of aromatic nitrogens is 2. The molecule has 1 heterocycles. The highest BCUT2D eigenvalue weighted by Gasteiger charge is 2.13. The van der Waals surface area contributed by atoms with E-state index in [0.717, 1.165) is 11.1 Å². The highest BCUT2D eigenvalue weighted by atomic mass is 19.1. The summed E-state index contributed by atoms with van der Waals surface area (Å²) in [6.45, 7) is 2.40. The Kier molecular flexibility index (Phi) is 6.30. The molecule has 3 rings (SSSR count). The largest absolute Gasteiger partial charge is 0.356 e. The van der Waals surface area contributed by atoms with Crippen LogP contribution in [0.2, 0.25) is 0 Å². The molecule has 140 valence electrons. The molecule has 1 amide bonds. The fourth-order valence-corrected chi connectivity index (χ4v) is 2.75. The smallest absolute Gasteiger partial charge is 0.227 e. The summed E-state index contributed by atoms with van der Waals surface area (Å²) >= 11 is 0. The third-order valence-corrected chi connectivity index (χ3v) is 4.27. The lowest BCUT2D eigenvalue weighted by Crippen LogP contribution is -2.31. The number of nitrogens with zero attached hydrogens (tertiary/aromatic N) is 2. The lowest BCUT2D eigenvalue weighted by Gasteiger charge is -2.12. The van der Waals surface area contributed by atoms with Crippen molar-refractivity contribution >= 4 is 5.91 Å². The van der Waals surface area contributed by atoms with Gasteiger partial charge in [0.1, 0.15) is 5.82 Å². The maximum atomic E-state index is 12.9. The van der Waals surface area contributed by atoms with Crippen LogP contribution < -0.4 is 5.32 Å². The zero-order valence-corrected chi connectivity index (χ0v) is 15.2. The van der Waals surface area contributed by atoms with Gasteiger partial charge >= 0.3 is 0 Å². The molecule has 0 aliphatic rings. The first-order valence-electron chi connectivity index (χ1n) is 9.02. The summed E-state index contributed by atoms with van der Waals surface area (Å²) in [6, 6.07) is 15.9. The Morgan fingerprint density at radius 2 is 1.89 bits per heavy atom. The highest BCUT2D eigenvalue weighted by Crippen LogP contribution is 2.15. The van der Waals surface area contributed by atoms with Gasteiger partial charge in [-0.2, -0.15) is 4.98 Å². The molecule has 1 aromatic heterocycles. The Morgan fingerprint density at radius 1 is 1.15 bits per heavy atom. The van der Waals surface area contributed by atoms with Crippen LogP contribution in [-0.2, 0) is 17.6 Å². The number of nitrogens with one attached hydrogen (secondary N) is 1. The number of carbonyl (C=O) groups excluding carboxylic acids is 1. The summed E-state index contributed by atoms with van der Waals surface area (Å²) in [7, 11) is 0. The van der Waals surface area contributed by atoms with Crippen molar-refractivity contribution in [3.05, 3.63) is 71.9 Å². The molecule has 1 N–H and O–H groups in total. The number of amides is 1. The van der Waals surface area contributed by atoms with Crippen molar-refractivity contribution in [3.63, 3.8) is 0 Å². The normalized spacial score (nSPS) is 11.9.